The Balaban J connectivity index is 2.28. The van der Waals surface area contributed by atoms with Crippen molar-refractivity contribution >= 4 is 0 Å². The highest BCUT2D eigenvalue weighted by molar-refractivity contribution is 4.88. The summed E-state index contributed by atoms with van der Waals surface area (Å²) in [5.74, 6) is 0.828. The first-order valence-electron chi connectivity index (χ1n) is 7.40. The molecule has 2 heteroatoms. The molecule has 0 bridgehead atoms. The molecule has 2 nitrogen and oxygen atoms in total. The summed E-state index contributed by atoms with van der Waals surface area (Å²) < 4.78 is 0. The molecule has 0 saturated heterocycles. The number of hydrogen-bond donors (Lipinski definition) is 2. The highest BCUT2D eigenvalue weighted by atomic mass is 16.2. The van der Waals surface area contributed by atoms with Crippen molar-refractivity contribution in [3.8, 4) is 0 Å². The van der Waals surface area contributed by atoms with Gasteiger partial charge in [0.05, 0.1) is 0 Å². The summed E-state index contributed by atoms with van der Waals surface area (Å²) in [5, 5.41) is 12.5. The fraction of sp³-hybridized carbons (Fsp3) is 1.00. The van der Waals surface area contributed by atoms with E-state index in [0.717, 1.165) is 31.3 Å². The Bertz CT molecular complexity index is 198. The van der Waals surface area contributed by atoms with Crippen molar-refractivity contribution in [1.29, 1.82) is 0 Å². The number of aliphatic hydroxyl groups is 1. The van der Waals surface area contributed by atoms with Crippen LogP contribution in [0, 0.1) is 11.3 Å². The summed E-state index contributed by atoms with van der Waals surface area (Å²) in [6.07, 6.45) is 8.84. The van der Waals surface area contributed by atoms with Crippen LogP contribution in [0.4, 0.5) is 0 Å². The molecule has 0 amide bonds. The maximum Gasteiger partial charge on any atom is 0.0431 e. The molecular weight excluding hydrogens is 210 g/mol. The van der Waals surface area contributed by atoms with Crippen LogP contribution in [0.25, 0.3) is 0 Å². The predicted octanol–water partition coefficient (Wildman–Crippen LogP) is 3.34. The van der Waals surface area contributed by atoms with Gasteiger partial charge in [-0.05, 0) is 50.0 Å². The molecule has 0 heterocycles. The lowest BCUT2D eigenvalue weighted by atomic mass is 9.69. The molecule has 0 aromatic carbocycles. The lowest BCUT2D eigenvalue weighted by Crippen LogP contribution is -2.44. The van der Waals surface area contributed by atoms with Gasteiger partial charge in [0.1, 0.15) is 0 Å². The van der Waals surface area contributed by atoms with Gasteiger partial charge in [-0.15, -0.1) is 0 Å². The van der Waals surface area contributed by atoms with Gasteiger partial charge in [-0.3, -0.25) is 0 Å². The number of unbranched alkanes of at least 4 members (excludes halogenated alkanes) is 2. The topological polar surface area (TPSA) is 32.3 Å². The first kappa shape index (κ1) is 15.0. The Kier molecular flexibility index (Phi) is 6.50. The van der Waals surface area contributed by atoms with E-state index >= 15 is 0 Å². The Hall–Kier alpha value is -0.0800. The van der Waals surface area contributed by atoms with E-state index in [2.05, 4.69) is 26.1 Å². The largest absolute Gasteiger partial charge is 0.396 e. The summed E-state index contributed by atoms with van der Waals surface area (Å²) in [4.78, 5) is 0. The van der Waals surface area contributed by atoms with E-state index < -0.39 is 0 Å². The molecule has 0 radical (unpaired) electrons. The standard InChI is InChI=1S/C15H31NO/c1-15(2,3)13-9-5-6-10-14(13)16-11-7-4-8-12-17/h13-14,16-17H,4-12H2,1-3H3. The van der Waals surface area contributed by atoms with Gasteiger partial charge in [0.2, 0.25) is 0 Å². The van der Waals surface area contributed by atoms with Crippen LogP contribution in [0.15, 0.2) is 0 Å². The number of nitrogens with one attached hydrogen (secondary N) is 1. The second kappa shape index (κ2) is 7.38. The zero-order valence-corrected chi connectivity index (χ0v) is 12.0. The number of hydrogen-bond acceptors (Lipinski definition) is 2. The molecule has 1 aliphatic carbocycles. The van der Waals surface area contributed by atoms with Crippen molar-refractivity contribution in [2.75, 3.05) is 13.2 Å². The minimum Gasteiger partial charge on any atom is -0.396 e. The van der Waals surface area contributed by atoms with Gasteiger partial charge < -0.3 is 10.4 Å². The second-order valence-corrected chi connectivity index (χ2v) is 6.60. The minimum atomic E-state index is 0.341. The Labute approximate surface area is 107 Å². The third kappa shape index (κ3) is 5.39. The zero-order valence-electron chi connectivity index (χ0n) is 12.0. The maximum absolute atomic E-state index is 8.74. The van der Waals surface area contributed by atoms with E-state index in [1.165, 1.54) is 32.1 Å². The molecule has 2 unspecified atom stereocenters. The van der Waals surface area contributed by atoms with Crippen molar-refractivity contribution in [1.82, 2.24) is 5.32 Å². The fourth-order valence-electron chi connectivity index (χ4n) is 3.11. The maximum atomic E-state index is 8.74. The molecule has 2 N–H and O–H groups in total. The first-order valence-corrected chi connectivity index (χ1v) is 7.40. The van der Waals surface area contributed by atoms with Gasteiger partial charge in [-0.1, -0.05) is 33.6 Å². The van der Waals surface area contributed by atoms with Crippen LogP contribution in [-0.4, -0.2) is 24.3 Å². The van der Waals surface area contributed by atoms with E-state index in [0.29, 0.717) is 12.0 Å². The molecule has 1 saturated carbocycles. The van der Waals surface area contributed by atoms with E-state index in [9.17, 15) is 0 Å². The zero-order chi connectivity index (χ0) is 12.7. The molecule has 102 valence electrons. The van der Waals surface area contributed by atoms with Gasteiger partial charge in [0.25, 0.3) is 0 Å². The van der Waals surface area contributed by atoms with Gasteiger partial charge in [0, 0.05) is 12.6 Å². The minimum absolute atomic E-state index is 0.341. The number of aliphatic hydroxyl groups excluding tert-OH is 1. The molecule has 0 aromatic rings. The smallest absolute Gasteiger partial charge is 0.0431 e. The molecule has 0 spiro atoms. The van der Waals surface area contributed by atoms with Crippen molar-refractivity contribution in [2.45, 2.75) is 71.8 Å². The van der Waals surface area contributed by atoms with E-state index in [4.69, 9.17) is 5.11 Å². The molecule has 0 aliphatic heterocycles. The highest BCUT2D eigenvalue weighted by Crippen LogP contribution is 2.37. The SMILES string of the molecule is CC(C)(C)C1CCCCC1NCCCCCO. The third-order valence-corrected chi connectivity index (χ3v) is 4.12. The second-order valence-electron chi connectivity index (χ2n) is 6.60. The van der Waals surface area contributed by atoms with Crippen LogP contribution >= 0.6 is 0 Å². The van der Waals surface area contributed by atoms with Crippen molar-refractivity contribution in [2.24, 2.45) is 11.3 Å². The summed E-state index contributed by atoms with van der Waals surface area (Å²) in [6, 6.07) is 0.720. The fourth-order valence-corrected chi connectivity index (χ4v) is 3.11. The first-order chi connectivity index (χ1) is 8.05. The molecule has 1 fully saturated rings. The van der Waals surface area contributed by atoms with Gasteiger partial charge in [-0.25, -0.2) is 0 Å². The number of rotatable bonds is 6. The third-order valence-electron chi connectivity index (χ3n) is 4.12. The molecule has 0 aromatic heterocycles. The van der Waals surface area contributed by atoms with Crippen LogP contribution < -0.4 is 5.32 Å². The Morgan fingerprint density at radius 3 is 2.41 bits per heavy atom. The van der Waals surface area contributed by atoms with Crippen LogP contribution in [0.2, 0.25) is 0 Å². The average Bonchev–Trinajstić information content (AvgIpc) is 2.28. The predicted molar refractivity (Wildman–Crippen MR) is 74.1 cm³/mol. The molecular formula is C15H31NO. The lowest BCUT2D eigenvalue weighted by Gasteiger charge is -2.41. The molecule has 1 rings (SSSR count). The Morgan fingerprint density at radius 1 is 1.06 bits per heavy atom. The summed E-state index contributed by atoms with van der Waals surface area (Å²) in [6.45, 7) is 8.60. The van der Waals surface area contributed by atoms with Crippen molar-refractivity contribution in [3.63, 3.8) is 0 Å². The summed E-state index contributed by atoms with van der Waals surface area (Å²) in [5.41, 5.74) is 0.434. The Morgan fingerprint density at radius 2 is 1.76 bits per heavy atom. The lowest BCUT2D eigenvalue weighted by molar-refractivity contribution is 0.131. The molecule has 1 aliphatic rings. The van der Waals surface area contributed by atoms with Gasteiger partial charge in [0.15, 0.2) is 0 Å². The van der Waals surface area contributed by atoms with E-state index in [1.54, 1.807) is 0 Å². The quantitative estimate of drug-likeness (QED) is 0.699. The highest BCUT2D eigenvalue weighted by Gasteiger charge is 2.33. The van der Waals surface area contributed by atoms with Crippen molar-refractivity contribution < 1.29 is 5.11 Å². The van der Waals surface area contributed by atoms with Gasteiger partial charge in [-0.2, -0.15) is 0 Å². The van der Waals surface area contributed by atoms with Crippen LogP contribution in [0.3, 0.4) is 0 Å². The summed E-state index contributed by atoms with van der Waals surface area (Å²) in [7, 11) is 0. The monoisotopic (exact) mass is 241 g/mol. The normalized spacial score (nSPS) is 26.1. The van der Waals surface area contributed by atoms with Crippen LogP contribution in [0.5, 0.6) is 0 Å². The van der Waals surface area contributed by atoms with Crippen molar-refractivity contribution in [3.05, 3.63) is 0 Å². The average molecular weight is 241 g/mol. The van der Waals surface area contributed by atoms with E-state index in [1.807, 2.05) is 0 Å². The van der Waals surface area contributed by atoms with Crippen LogP contribution in [0.1, 0.15) is 65.7 Å². The van der Waals surface area contributed by atoms with Crippen LogP contribution in [-0.2, 0) is 0 Å². The van der Waals surface area contributed by atoms with E-state index in [-0.39, 0.29) is 0 Å². The molecule has 17 heavy (non-hydrogen) atoms. The molecule has 2 atom stereocenters. The van der Waals surface area contributed by atoms with Gasteiger partial charge >= 0.3 is 0 Å². The summed E-state index contributed by atoms with van der Waals surface area (Å²) >= 11 is 0.